The van der Waals surface area contributed by atoms with E-state index < -0.39 is 22.9 Å². The van der Waals surface area contributed by atoms with Crippen LogP contribution < -0.4 is 20.7 Å². The molecule has 10 heteroatoms. The Balaban J connectivity index is 1.96. The molecule has 0 unspecified atom stereocenters. The Hall–Kier alpha value is -3.59. The molecule has 0 aromatic heterocycles. The van der Waals surface area contributed by atoms with Crippen molar-refractivity contribution in [2.45, 2.75) is 13.0 Å². The number of rotatable bonds is 5. The van der Waals surface area contributed by atoms with Gasteiger partial charge in [-0.3, -0.25) is 14.9 Å². The van der Waals surface area contributed by atoms with Gasteiger partial charge in [-0.15, -0.1) is 0 Å². The first kappa shape index (κ1) is 20.2. The first-order valence-corrected chi connectivity index (χ1v) is 8.85. The van der Waals surface area contributed by atoms with E-state index in [-0.39, 0.29) is 16.3 Å². The van der Waals surface area contributed by atoms with Crippen molar-refractivity contribution in [3.8, 4) is 5.75 Å². The minimum Gasteiger partial charge on any atom is -0.497 e. The molecule has 0 bridgehead atoms. The van der Waals surface area contributed by atoms with Gasteiger partial charge in [0.15, 0.2) is 0 Å². The highest BCUT2D eigenvalue weighted by Gasteiger charge is 2.32. The molecule has 3 rings (SSSR count). The molecule has 150 valence electrons. The summed E-state index contributed by atoms with van der Waals surface area (Å²) in [6.45, 7) is 1.58. The third-order valence-electron chi connectivity index (χ3n) is 4.36. The third-order valence-corrected chi connectivity index (χ3v) is 4.68. The standard InChI is InChI=1S/C19H17ClN4O5/c1-10-16(18(25)22-12-4-6-13(29-2)7-5-12)17(23-19(26)21-10)11-3-8-14(20)15(9-11)24(27)28/h3-9,17H,1-2H3,(H,22,25)(H2,21,23,26)/t17-/m0/s1. The van der Waals surface area contributed by atoms with Crippen molar-refractivity contribution in [1.82, 2.24) is 10.6 Å². The molecular weight excluding hydrogens is 400 g/mol. The zero-order valence-corrected chi connectivity index (χ0v) is 16.2. The van der Waals surface area contributed by atoms with Crippen molar-refractivity contribution in [1.29, 1.82) is 0 Å². The molecule has 1 atom stereocenters. The fourth-order valence-electron chi connectivity index (χ4n) is 2.97. The minimum atomic E-state index is -0.891. The fraction of sp³-hybridized carbons (Fsp3) is 0.158. The SMILES string of the molecule is COc1ccc(NC(=O)C2=C(C)NC(=O)N[C@H]2c2ccc(Cl)c([N+](=O)[O-])c2)cc1. The number of hydrogen-bond donors (Lipinski definition) is 3. The highest BCUT2D eigenvalue weighted by molar-refractivity contribution is 6.32. The molecule has 2 aromatic carbocycles. The van der Waals surface area contributed by atoms with Gasteiger partial charge in [0.1, 0.15) is 10.8 Å². The first-order chi connectivity index (χ1) is 13.8. The van der Waals surface area contributed by atoms with E-state index in [9.17, 15) is 19.7 Å². The maximum absolute atomic E-state index is 13.0. The third kappa shape index (κ3) is 4.30. The number of methoxy groups -OCH3 is 1. The van der Waals surface area contributed by atoms with Gasteiger partial charge in [0.25, 0.3) is 11.6 Å². The fourth-order valence-corrected chi connectivity index (χ4v) is 3.15. The van der Waals surface area contributed by atoms with Crippen LogP contribution in [0.4, 0.5) is 16.2 Å². The summed E-state index contributed by atoms with van der Waals surface area (Å²) in [7, 11) is 1.54. The van der Waals surface area contributed by atoms with E-state index in [2.05, 4.69) is 16.0 Å². The van der Waals surface area contributed by atoms with Gasteiger partial charge in [-0.1, -0.05) is 17.7 Å². The molecule has 1 aliphatic rings. The second kappa shape index (κ2) is 8.19. The van der Waals surface area contributed by atoms with Crippen LogP contribution in [-0.4, -0.2) is 24.0 Å². The molecule has 3 N–H and O–H groups in total. The number of carbonyl (C=O) groups is 2. The van der Waals surface area contributed by atoms with Crippen LogP contribution in [0.25, 0.3) is 0 Å². The molecule has 9 nitrogen and oxygen atoms in total. The van der Waals surface area contributed by atoms with Crippen LogP contribution in [0.2, 0.25) is 5.02 Å². The van der Waals surface area contributed by atoms with E-state index in [1.165, 1.54) is 25.3 Å². The average Bonchev–Trinajstić information content (AvgIpc) is 2.68. The lowest BCUT2D eigenvalue weighted by molar-refractivity contribution is -0.384. The minimum absolute atomic E-state index is 0.0380. The highest BCUT2D eigenvalue weighted by atomic mass is 35.5. The maximum Gasteiger partial charge on any atom is 0.319 e. The van der Waals surface area contributed by atoms with Crippen LogP contribution in [0.1, 0.15) is 18.5 Å². The smallest absolute Gasteiger partial charge is 0.319 e. The number of hydrogen-bond acceptors (Lipinski definition) is 5. The summed E-state index contributed by atoms with van der Waals surface area (Å²) < 4.78 is 5.09. The number of nitrogens with one attached hydrogen (secondary N) is 3. The van der Waals surface area contributed by atoms with Crippen LogP contribution in [0.3, 0.4) is 0 Å². The van der Waals surface area contributed by atoms with Crippen LogP contribution >= 0.6 is 11.6 Å². The lowest BCUT2D eigenvalue weighted by Crippen LogP contribution is -2.46. The number of amides is 3. The summed E-state index contributed by atoms with van der Waals surface area (Å²) in [4.78, 5) is 35.5. The molecule has 0 spiro atoms. The molecule has 0 aliphatic carbocycles. The zero-order chi connectivity index (χ0) is 21.1. The Morgan fingerprint density at radius 3 is 2.55 bits per heavy atom. The molecule has 2 aromatic rings. The number of urea groups is 1. The van der Waals surface area contributed by atoms with Crippen molar-refractivity contribution in [2.75, 3.05) is 12.4 Å². The number of nitro groups is 1. The zero-order valence-electron chi connectivity index (χ0n) is 15.5. The number of halogens is 1. The van der Waals surface area contributed by atoms with E-state index in [4.69, 9.17) is 16.3 Å². The summed E-state index contributed by atoms with van der Waals surface area (Å²) in [5, 5.41) is 19.1. The lowest BCUT2D eigenvalue weighted by Gasteiger charge is -2.28. The van der Waals surface area contributed by atoms with E-state index >= 15 is 0 Å². The summed E-state index contributed by atoms with van der Waals surface area (Å²) in [6.07, 6.45) is 0. The Morgan fingerprint density at radius 1 is 1.24 bits per heavy atom. The maximum atomic E-state index is 13.0. The van der Waals surface area contributed by atoms with E-state index in [0.29, 0.717) is 22.7 Å². The molecule has 0 fully saturated rings. The first-order valence-electron chi connectivity index (χ1n) is 8.47. The van der Waals surface area contributed by atoms with Gasteiger partial charge in [0.05, 0.1) is 23.6 Å². The van der Waals surface area contributed by atoms with Gasteiger partial charge < -0.3 is 20.7 Å². The molecule has 0 saturated carbocycles. The monoisotopic (exact) mass is 416 g/mol. The summed E-state index contributed by atoms with van der Waals surface area (Å²) in [5.41, 5.74) is 1.12. The predicted octanol–water partition coefficient (Wildman–Crippen LogP) is 3.52. The molecule has 0 saturated heterocycles. The Kier molecular flexibility index (Phi) is 5.69. The largest absolute Gasteiger partial charge is 0.497 e. The van der Waals surface area contributed by atoms with Gasteiger partial charge in [-0.2, -0.15) is 0 Å². The van der Waals surface area contributed by atoms with E-state index in [1.807, 2.05) is 0 Å². The van der Waals surface area contributed by atoms with Crippen molar-refractivity contribution < 1.29 is 19.2 Å². The van der Waals surface area contributed by atoms with Gasteiger partial charge >= 0.3 is 6.03 Å². The van der Waals surface area contributed by atoms with Crippen molar-refractivity contribution >= 4 is 34.9 Å². The number of allylic oxidation sites excluding steroid dienone is 1. The summed E-state index contributed by atoms with van der Waals surface area (Å²) in [5.74, 6) is 0.166. The average molecular weight is 417 g/mol. The van der Waals surface area contributed by atoms with Gasteiger partial charge in [0.2, 0.25) is 0 Å². The number of carbonyl (C=O) groups excluding carboxylic acids is 2. The Morgan fingerprint density at radius 2 is 1.93 bits per heavy atom. The predicted molar refractivity (Wildman–Crippen MR) is 107 cm³/mol. The number of ether oxygens (including phenoxy) is 1. The molecular formula is C19H17ClN4O5. The van der Waals surface area contributed by atoms with E-state index in [0.717, 1.165) is 0 Å². The topological polar surface area (TPSA) is 123 Å². The van der Waals surface area contributed by atoms with Gasteiger partial charge in [-0.25, -0.2) is 4.79 Å². The van der Waals surface area contributed by atoms with Crippen LogP contribution in [0.15, 0.2) is 53.7 Å². The molecule has 1 heterocycles. The van der Waals surface area contributed by atoms with Crippen molar-refractivity contribution in [3.63, 3.8) is 0 Å². The van der Waals surface area contributed by atoms with Crippen LogP contribution in [0.5, 0.6) is 5.75 Å². The highest BCUT2D eigenvalue weighted by Crippen LogP contribution is 2.33. The second-order valence-corrected chi connectivity index (χ2v) is 6.63. The molecule has 29 heavy (non-hydrogen) atoms. The molecule has 1 aliphatic heterocycles. The lowest BCUT2D eigenvalue weighted by atomic mass is 9.94. The van der Waals surface area contributed by atoms with E-state index in [1.54, 1.807) is 31.2 Å². The summed E-state index contributed by atoms with van der Waals surface area (Å²) in [6, 6.07) is 9.44. The van der Waals surface area contributed by atoms with Gasteiger partial charge in [-0.05, 0) is 42.8 Å². The number of nitro benzene ring substituents is 1. The van der Waals surface area contributed by atoms with Gasteiger partial charge in [0, 0.05) is 17.5 Å². The second-order valence-electron chi connectivity index (χ2n) is 6.22. The number of benzene rings is 2. The number of nitrogens with zero attached hydrogens (tertiary/aromatic N) is 1. The normalized spacial score (nSPS) is 16.0. The Bertz CT molecular complexity index is 1020. The summed E-state index contributed by atoms with van der Waals surface area (Å²) >= 11 is 5.88. The number of anilines is 1. The molecule has 0 radical (unpaired) electrons. The quantitative estimate of drug-likeness (QED) is 0.508. The Labute approximate surface area is 170 Å². The van der Waals surface area contributed by atoms with Crippen LogP contribution in [0, 0.1) is 10.1 Å². The van der Waals surface area contributed by atoms with Crippen molar-refractivity contribution in [2.24, 2.45) is 0 Å². The van der Waals surface area contributed by atoms with Crippen LogP contribution in [-0.2, 0) is 4.79 Å². The van der Waals surface area contributed by atoms with Crippen molar-refractivity contribution in [3.05, 3.63) is 74.4 Å². The molecule has 3 amide bonds.